The molecule has 1 unspecified atom stereocenters. The second-order valence-corrected chi connectivity index (χ2v) is 5.19. The molecular formula is C16H23F2NO. The molecule has 20 heavy (non-hydrogen) atoms. The first-order chi connectivity index (χ1) is 9.58. The monoisotopic (exact) mass is 283 g/mol. The molecule has 0 heterocycles. The van der Waals surface area contributed by atoms with Gasteiger partial charge in [0.2, 0.25) is 0 Å². The van der Waals surface area contributed by atoms with Gasteiger partial charge in [0.05, 0.1) is 0 Å². The highest BCUT2D eigenvalue weighted by molar-refractivity contribution is 5.80. The molecule has 0 bridgehead atoms. The van der Waals surface area contributed by atoms with Crippen LogP contribution in [0.5, 0.6) is 0 Å². The Labute approximate surface area is 119 Å². The summed E-state index contributed by atoms with van der Waals surface area (Å²) in [6.45, 7) is 2.71. The molecule has 0 fully saturated rings. The highest BCUT2D eigenvalue weighted by atomic mass is 19.1. The number of rotatable bonds is 9. The van der Waals surface area contributed by atoms with Crippen LogP contribution in [0.2, 0.25) is 0 Å². The molecule has 0 aliphatic heterocycles. The summed E-state index contributed by atoms with van der Waals surface area (Å²) >= 11 is 0. The summed E-state index contributed by atoms with van der Waals surface area (Å²) in [4.78, 5) is 11.9. The fourth-order valence-electron chi connectivity index (χ4n) is 2.43. The zero-order valence-electron chi connectivity index (χ0n) is 12.0. The van der Waals surface area contributed by atoms with E-state index in [1.54, 1.807) is 0 Å². The lowest BCUT2D eigenvalue weighted by Gasteiger charge is -2.14. The van der Waals surface area contributed by atoms with E-state index in [1.165, 1.54) is 18.2 Å². The molecule has 0 saturated heterocycles. The number of Topliss-reactive ketones (excluding diaryl/α,β-unsaturated/α-hetero) is 1. The van der Waals surface area contributed by atoms with Crippen LogP contribution in [0.15, 0.2) is 18.2 Å². The van der Waals surface area contributed by atoms with Crippen LogP contribution in [0, 0.1) is 17.6 Å². The van der Waals surface area contributed by atoms with Gasteiger partial charge in [-0.1, -0.05) is 25.8 Å². The first-order valence-corrected chi connectivity index (χ1v) is 7.23. The third-order valence-corrected chi connectivity index (χ3v) is 3.54. The van der Waals surface area contributed by atoms with Crippen molar-refractivity contribution in [3.8, 4) is 0 Å². The molecule has 112 valence electrons. The number of hydrogen-bond acceptors (Lipinski definition) is 2. The van der Waals surface area contributed by atoms with Crippen LogP contribution < -0.4 is 5.73 Å². The highest BCUT2D eigenvalue weighted by Crippen LogP contribution is 2.19. The Bertz CT molecular complexity index is 408. The largest absolute Gasteiger partial charge is 0.330 e. The van der Waals surface area contributed by atoms with E-state index in [0.29, 0.717) is 18.9 Å². The Morgan fingerprint density at radius 2 is 1.85 bits per heavy atom. The van der Waals surface area contributed by atoms with E-state index in [-0.39, 0.29) is 17.8 Å². The number of benzene rings is 1. The second-order valence-electron chi connectivity index (χ2n) is 5.19. The Balaban J connectivity index is 2.51. The van der Waals surface area contributed by atoms with E-state index in [4.69, 9.17) is 5.73 Å². The average Bonchev–Trinajstić information content (AvgIpc) is 2.41. The Kier molecular flexibility index (Phi) is 7.37. The maximum Gasteiger partial charge on any atom is 0.137 e. The first-order valence-electron chi connectivity index (χ1n) is 7.23. The van der Waals surface area contributed by atoms with Gasteiger partial charge in [0.1, 0.15) is 17.4 Å². The van der Waals surface area contributed by atoms with E-state index in [9.17, 15) is 13.6 Å². The topological polar surface area (TPSA) is 43.1 Å². The number of nitrogens with two attached hydrogens (primary N) is 1. The SMILES string of the molecule is CCCC(CCN)CCC(=O)Cc1c(F)cccc1F. The van der Waals surface area contributed by atoms with Crippen molar-refractivity contribution in [2.75, 3.05) is 6.54 Å². The summed E-state index contributed by atoms with van der Waals surface area (Å²) in [5.74, 6) is -0.984. The normalized spacial score (nSPS) is 12.4. The average molecular weight is 283 g/mol. The Hall–Kier alpha value is -1.29. The third-order valence-electron chi connectivity index (χ3n) is 3.54. The predicted octanol–water partition coefficient (Wildman–Crippen LogP) is 3.62. The van der Waals surface area contributed by atoms with Crippen molar-refractivity contribution in [3.05, 3.63) is 35.4 Å². The molecule has 0 amide bonds. The van der Waals surface area contributed by atoms with E-state index < -0.39 is 11.6 Å². The molecule has 4 heteroatoms. The van der Waals surface area contributed by atoms with Gasteiger partial charge in [0, 0.05) is 18.4 Å². The minimum absolute atomic E-state index is 0.118. The molecule has 1 rings (SSSR count). The standard InChI is InChI=1S/C16H23F2NO/c1-2-4-12(9-10-19)7-8-13(20)11-14-15(17)5-3-6-16(14)18/h3,5-6,12H,2,4,7-11,19H2,1H3. The molecule has 2 nitrogen and oxygen atoms in total. The van der Waals surface area contributed by atoms with Crippen LogP contribution in [-0.4, -0.2) is 12.3 Å². The third kappa shape index (κ3) is 5.37. The molecule has 0 aliphatic rings. The zero-order chi connectivity index (χ0) is 15.0. The Morgan fingerprint density at radius 3 is 2.40 bits per heavy atom. The molecule has 0 saturated carbocycles. The molecule has 0 radical (unpaired) electrons. The number of hydrogen-bond donors (Lipinski definition) is 1. The number of carbonyl (C=O) groups excluding carboxylic acids is 1. The second kappa shape index (κ2) is 8.80. The van der Waals surface area contributed by atoms with Crippen molar-refractivity contribution in [2.45, 2.75) is 45.4 Å². The van der Waals surface area contributed by atoms with Gasteiger partial charge >= 0.3 is 0 Å². The lowest BCUT2D eigenvalue weighted by molar-refractivity contribution is -0.118. The first kappa shape index (κ1) is 16.8. The molecule has 0 aromatic heterocycles. The van der Waals surface area contributed by atoms with Crippen molar-refractivity contribution in [2.24, 2.45) is 11.7 Å². The summed E-state index contributed by atoms with van der Waals surface area (Å²) in [6.07, 6.45) is 3.94. The predicted molar refractivity (Wildman–Crippen MR) is 76.4 cm³/mol. The van der Waals surface area contributed by atoms with Gasteiger partial charge in [0.25, 0.3) is 0 Å². The fraction of sp³-hybridized carbons (Fsp3) is 0.562. The molecule has 1 atom stereocenters. The van der Waals surface area contributed by atoms with E-state index in [0.717, 1.165) is 25.7 Å². The molecule has 0 spiro atoms. The van der Waals surface area contributed by atoms with Gasteiger partial charge in [-0.05, 0) is 37.4 Å². The highest BCUT2D eigenvalue weighted by Gasteiger charge is 2.15. The number of halogens is 2. The van der Waals surface area contributed by atoms with Crippen LogP contribution in [-0.2, 0) is 11.2 Å². The maximum atomic E-state index is 13.4. The fourth-order valence-corrected chi connectivity index (χ4v) is 2.43. The zero-order valence-corrected chi connectivity index (χ0v) is 12.0. The van der Waals surface area contributed by atoms with Gasteiger partial charge in [-0.15, -0.1) is 0 Å². The van der Waals surface area contributed by atoms with Crippen LogP contribution in [0.25, 0.3) is 0 Å². The summed E-state index contributed by atoms with van der Waals surface area (Å²) in [5.41, 5.74) is 5.42. The molecule has 1 aromatic carbocycles. The summed E-state index contributed by atoms with van der Waals surface area (Å²) < 4.78 is 26.9. The van der Waals surface area contributed by atoms with E-state index in [2.05, 4.69) is 6.92 Å². The molecule has 1 aromatic rings. The summed E-state index contributed by atoms with van der Waals surface area (Å²) in [7, 11) is 0. The summed E-state index contributed by atoms with van der Waals surface area (Å²) in [6, 6.07) is 3.66. The Morgan fingerprint density at radius 1 is 1.20 bits per heavy atom. The van der Waals surface area contributed by atoms with Crippen LogP contribution in [0.1, 0.15) is 44.6 Å². The van der Waals surface area contributed by atoms with Gasteiger partial charge in [-0.3, -0.25) is 4.79 Å². The van der Waals surface area contributed by atoms with Gasteiger partial charge < -0.3 is 5.73 Å². The number of carbonyl (C=O) groups is 1. The molecule has 0 aliphatic carbocycles. The van der Waals surface area contributed by atoms with Gasteiger partial charge in [0.15, 0.2) is 0 Å². The van der Waals surface area contributed by atoms with Crippen molar-refractivity contribution in [1.82, 2.24) is 0 Å². The minimum Gasteiger partial charge on any atom is -0.330 e. The van der Waals surface area contributed by atoms with Crippen LogP contribution in [0.3, 0.4) is 0 Å². The molecular weight excluding hydrogens is 260 g/mol. The van der Waals surface area contributed by atoms with Crippen molar-refractivity contribution in [1.29, 1.82) is 0 Å². The summed E-state index contributed by atoms with van der Waals surface area (Å²) in [5, 5.41) is 0. The van der Waals surface area contributed by atoms with Crippen molar-refractivity contribution >= 4 is 5.78 Å². The smallest absolute Gasteiger partial charge is 0.137 e. The van der Waals surface area contributed by atoms with Crippen LogP contribution >= 0.6 is 0 Å². The molecule has 2 N–H and O–H groups in total. The van der Waals surface area contributed by atoms with Crippen molar-refractivity contribution < 1.29 is 13.6 Å². The van der Waals surface area contributed by atoms with E-state index >= 15 is 0 Å². The maximum absolute atomic E-state index is 13.4. The quantitative estimate of drug-likeness (QED) is 0.752. The minimum atomic E-state index is -0.648. The van der Waals surface area contributed by atoms with Gasteiger partial charge in [-0.2, -0.15) is 0 Å². The number of ketones is 1. The van der Waals surface area contributed by atoms with Crippen molar-refractivity contribution in [3.63, 3.8) is 0 Å². The lowest BCUT2D eigenvalue weighted by atomic mass is 9.92. The van der Waals surface area contributed by atoms with E-state index in [1.807, 2.05) is 0 Å². The van der Waals surface area contributed by atoms with Gasteiger partial charge in [-0.25, -0.2) is 8.78 Å². The lowest BCUT2D eigenvalue weighted by Crippen LogP contribution is -2.12. The van der Waals surface area contributed by atoms with Crippen LogP contribution in [0.4, 0.5) is 8.78 Å².